The average molecular weight is 349 g/mol. The summed E-state index contributed by atoms with van der Waals surface area (Å²) < 4.78 is 1.74. The first kappa shape index (κ1) is 17.0. The Balaban J connectivity index is 1.57. The fourth-order valence-electron chi connectivity index (χ4n) is 3.38. The molecule has 1 saturated carbocycles. The third kappa shape index (κ3) is 3.61. The van der Waals surface area contributed by atoms with Gasteiger partial charge in [-0.15, -0.1) is 11.3 Å². The van der Waals surface area contributed by atoms with Gasteiger partial charge < -0.3 is 10.3 Å². The monoisotopic (exact) mass is 349 g/mol. The summed E-state index contributed by atoms with van der Waals surface area (Å²) >= 11 is 1.32. The zero-order valence-corrected chi connectivity index (χ0v) is 14.7. The lowest BCUT2D eigenvalue weighted by Crippen LogP contribution is -2.41. The number of fused-ring (bicyclic) bond motifs is 1. The first-order chi connectivity index (χ1) is 11.6. The van der Waals surface area contributed by atoms with Crippen molar-refractivity contribution in [3.8, 4) is 0 Å². The molecule has 0 spiro atoms. The summed E-state index contributed by atoms with van der Waals surface area (Å²) in [4.78, 5) is 39.1. The number of nitrogens with zero attached hydrogens (tertiary/aromatic N) is 1. The second-order valence-electron chi connectivity index (χ2n) is 6.59. The van der Waals surface area contributed by atoms with Gasteiger partial charge in [0.1, 0.15) is 4.70 Å². The van der Waals surface area contributed by atoms with Crippen molar-refractivity contribution < 1.29 is 4.79 Å². The number of H-pyrrole nitrogens is 1. The van der Waals surface area contributed by atoms with Crippen LogP contribution < -0.4 is 16.6 Å². The Morgan fingerprint density at radius 3 is 2.96 bits per heavy atom. The van der Waals surface area contributed by atoms with Crippen molar-refractivity contribution >= 4 is 27.5 Å². The van der Waals surface area contributed by atoms with E-state index in [1.807, 2.05) is 0 Å². The Hall–Kier alpha value is -1.89. The predicted molar refractivity (Wildman–Crippen MR) is 95.5 cm³/mol. The molecule has 24 heavy (non-hydrogen) atoms. The van der Waals surface area contributed by atoms with Crippen LogP contribution in [-0.2, 0) is 11.3 Å². The van der Waals surface area contributed by atoms with Crippen LogP contribution in [0, 0.1) is 5.92 Å². The second kappa shape index (κ2) is 7.34. The zero-order chi connectivity index (χ0) is 17.1. The molecule has 0 radical (unpaired) electrons. The van der Waals surface area contributed by atoms with Gasteiger partial charge in [-0.25, -0.2) is 4.79 Å². The van der Waals surface area contributed by atoms with Crippen molar-refractivity contribution in [3.05, 3.63) is 32.3 Å². The van der Waals surface area contributed by atoms with Gasteiger partial charge in [0.2, 0.25) is 5.91 Å². The Labute approximate surface area is 143 Å². The van der Waals surface area contributed by atoms with E-state index in [1.165, 1.54) is 28.7 Å². The van der Waals surface area contributed by atoms with Crippen LogP contribution in [0.25, 0.3) is 10.2 Å². The quantitative estimate of drug-likeness (QED) is 0.868. The molecule has 1 aliphatic carbocycles. The smallest absolute Gasteiger partial charge is 0.328 e. The van der Waals surface area contributed by atoms with E-state index in [1.54, 1.807) is 11.4 Å². The third-order valence-corrected chi connectivity index (χ3v) is 5.74. The molecule has 1 fully saturated rings. The van der Waals surface area contributed by atoms with Gasteiger partial charge in [-0.2, -0.15) is 0 Å². The highest BCUT2D eigenvalue weighted by atomic mass is 32.1. The van der Waals surface area contributed by atoms with E-state index < -0.39 is 5.69 Å². The van der Waals surface area contributed by atoms with Crippen molar-refractivity contribution in [2.45, 2.75) is 58.0 Å². The van der Waals surface area contributed by atoms with Gasteiger partial charge in [0, 0.05) is 19.0 Å². The van der Waals surface area contributed by atoms with E-state index in [9.17, 15) is 14.4 Å². The van der Waals surface area contributed by atoms with Crippen molar-refractivity contribution in [2.75, 3.05) is 0 Å². The molecule has 1 amide bonds. The van der Waals surface area contributed by atoms with Crippen molar-refractivity contribution in [1.29, 1.82) is 0 Å². The van der Waals surface area contributed by atoms with E-state index in [4.69, 9.17) is 0 Å². The first-order valence-corrected chi connectivity index (χ1v) is 9.44. The minimum absolute atomic E-state index is 0.00966. The van der Waals surface area contributed by atoms with Crippen molar-refractivity contribution in [3.63, 3.8) is 0 Å². The number of nitrogens with one attached hydrogen (secondary N) is 2. The standard InChI is InChI=1S/C17H23N3O3S/c1-11-5-2-3-6-12(11)18-14(21)7-4-9-20-16(22)15-13(8-10-24-15)19-17(20)23/h8,10-12H,2-7,9H2,1H3,(H,18,21)(H,19,23). The highest BCUT2D eigenvalue weighted by molar-refractivity contribution is 7.17. The Bertz CT molecular complexity index is 835. The van der Waals surface area contributed by atoms with Gasteiger partial charge in [-0.05, 0) is 36.6 Å². The Morgan fingerprint density at radius 1 is 1.38 bits per heavy atom. The molecule has 2 N–H and O–H groups in total. The zero-order valence-electron chi connectivity index (χ0n) is 13.8. The summed E-state index contributed by atoms with van der Waals surface area (Å²) in [6.07, 6.45) is 5.42. The number of aromatic amines is 1. The van der Waals surface area contributed by atoms with Gasteiger partial charge in [0.25, 0.3) is 5.56 Å². The number of hydrogen-bond acceptors (Lipinski definition) is 4. The molecule has 3 rings (SSSR count). The number of amides is 1. The molecule has 130 valence electrons. The number of hydrogen-bond donors (Lipinski definition) is 2. The number of carbonyl (C=O) groups excluding carboxylic acids is 1. The van der Waals surface area contributed by atoms with Crippen molar-refractivity contribution in [2.24, 2.45) is 5.92 Å². The molecule has 0 aliphatic heterocycles. The van der Waals surface area contributed by atoms with Crippen molar-refractivity contribution in [1.82, 2.24) is 14.9 Å². The van der Waals surface area contributed by atoms with Crippen LogP contribution in [0.4, 0.5) is 0 Å². The molecule has 2 aromatic rings. The van der Waals surface area contributed by atoms with Gasteiger partial charge in [0.05, 0.1) is 5.52 Å². The van der Waals surface area contributed by atoms with E-state index >= 15 is 0 Å². The summed E-state index contributed by atoms with van der Waals surface area (Å²) in [6.45, 7) is 2.44. The SMILES string of the molecule is CC1CCCCC1NC(=O)CCCn1c(=O)[nH]c2ccsc2c1=O. The van der Waals surface area contributed by atoms with Gasteiger partial charge in [0.15, 0.2) is 0 Å². The highest BCUT2D eigenvalue weighted by Crippen LogP contribution is 2.23. The highest BCUT2D eigenvalue weighted by Gasteiger charge is 2.22. The van der Waals surface area contributed by atoms with E-state index in [-0.39, 0.29) is 24.1 Å². The van der Waals surface area contributed by atoms with Crippen LogP contribution in [0.5, 0.6) is 0 Å². The Kier molecular flexibility index (Phi) is 5.18. The third-order valence-electron chi connectivity index (χ3n) is 4.83. The summed E-state index contributed by atoms with van der Waals surface area (Å²) in [6, 6.07) is 1.99. The molecular formula is C17H23N3O3S. The fourth-order valence-corrected chi connectivity index (χ4v) is 4.18. The van der Waals surface area contributed by atoms with Crippen LogP contribution in [-0.4, -0.2) is 21.5 Å². The topological polar surface area (TPSA) is 84.0 Å². The number of aromatic nitrogens is 2. The molecule has 2 atom stereocenters. The molecule has 2 unspecified atom stereocenters. The summed E-state index contributed by atoms with van der Waals surface area (Å²) in [5, 5.41) is 4.88. The lowest BCUT2D eigenvalue weighted by Gasteiger charge is -2.29. The maximum atomic E-state index is 12.3. The molecule has 2 aromatic heterocycles. The summed E-state index contributed by atoms with van der Waals surface area (Å²) in [5.74, 6) is 0.532. The maximum Gasteiger partial charge on any atom is 0.328 e. The van der Waals surface area contributed by atoms with Gasteiger partial charge >= 0.3 is 5.69 Å². The maximum absolute atomic E-state index is 12.3. The summed E-state index contributed by atoms with van der Waals surface area (Å²) in [5.41, 5.74) is -0.104. The first-order valence-electron chi connectivity index (χ1n) is 8.56. The number of thiophene rings is 1. The average Bonchev–Trinajstić information content (AvgIpc) is 3.01. The number of rotatable bonds is 5. The van der Waals surface area contributed by atoms with E-state index in [2.05, 4.69) is 17.2 Å². The fraction of sp³-hybridized carbons (Fsp3) is 0.588. The van der Waals surface area contributed by atoms with Gasteiger partial charge in [-0.3, -0.25) is 14.2 Å². The molecule has 0 bridgehead atoms. The van der Waals surface area contributed by atoms with Crippen LogP contribution in [0.1, 0.15) is 45.4 Å². The molecule has 0 aromatic carbocycles. The normalized spacial score (nSPS) is 21.0. The van der Waals surface area contributed by atoms with Crippen LogP contribution in [0.3, 0.4) is 0 Å². The number of carbonyl (C=O) groups is 1. The van der Waals surface area contributed by atoms with Crippen LogP contribution in [0.2, 0.25) is 0 Å². The Morgan fingerprint density at radius 2 is 2.17 bits per heavy atom. The second-order valence-corrected chi connectivity index (χ2v) is 7.51. The largest absolute Gasteiger partial charge is 0.353 e. The minimum Gasteiger partial charge on any atom is -0.353 e. The molecule has 1 aliphatic rings. The minimum atomic E-state index is -0.410. The molecule has 7 heteroatoms. The predicted octanol–water partition coefficient (Wildman–Crippen LogP) is 2.23. The molecule has 0 saturated heterocycles. The molecular weight excluding hydrogens is 326 g/mol. The molecule has 6 nitrogen and oxygen atoms in total. The van der Waals surface area contributed by atoms with Crippen LogP contribution >= 0.6 is 11.3 Å². The van der Waals surface area contributed by atoms with E-state index in [0.717, 1.165) is 12.8 Å². The lowest BCUT2D eigenvalue weighted by molar-refractivity contribution is -0.122. The van der Waals surface area contributed by atoms with E-state index in [0.29, 0.717) is 29.0 Å². The molecule has 2 heterocycles. The summed E-state index contributed by atoms with van der Waals surface area (Å²) in [7, 11) is 0. The van der Waals surface area contributed by atoms with Gasteiger partial charge in [-0.1, -0.05) is 19.8 Å². The van der Waals surface area contributed by atoms with Crippen LogP contribution in [0.15, 0.2) is 21.0 Å². The lowest BCUT2D eigenvalue weighted by atomic mass is 9.86.